The minimum absolute atomic E-state index is 0.0265. The molecule has 0 aromatic rings. The Morgan fingerprint density at radius 1 is 1.47 bits per heavy atom. The van der Waals surface area contributed by atoms with E-state index >= 15 is 0 Å². The van der Waals surface area contributed by atoms with Gasteiger partial charge in [-0.25, -0.2) is 4.79 Å². The van der Waals surface area contributed by atoms with E-state index < -0.39 is 12.0 Å². The number of nitrogens with two attached hydrogens (primary N) is 2. The zero-order valence-electron chi connectivity index (χ0n) is 8.56. The number of aliphatic imine (C=N–C) groups is 1. The summed E-state index contributed by atoms with van der Waals surface area (Å²) in [7, 11) is 0. The van der Waals surface area contributed by atoms with Crippen LogP contribution < -0.4 is 16.8 Å². The topological polar surface area (TPSA) is 131 Å². The van der Waals surface area contributed by atoms with Crippen LogP contribution >= 0.6 is 0 Å². The molecule has 86 valence electrons. The minimum Gasteiger partial charge on any atom is -0.480 e. The van der Waals surface area contributed by atoms with Crippen molar-refractivity contribution in [1.29, 1.82) is 0 Å². The van der Waals surface area contributed by atoms with E-state index in [1.807, 2.05) is 0 Å². The molecule has 1 atom stereocenters. The maximum Gasteiger partial charge on any atom is 0.326 e. The Morgan fingerprint density at radius 2 is 2.07 bits per heavy atom. The van der Waals surface area contributed by atoms with Gasteiger partial charge in [0.1, 0.15) is 6.04 Å². The number of amides is 1. The molecule has 0 spiro atoms. The van der Waals surface area contributed by atoms with Crippen LogP contribution in [0.25, 0.3) is 0 Å². The number of carbonyl (C=O) groups is 2. The molecule has 0 fully saturated rings. The zero-order chi connectivity index (χ0) is 11.8. The highest BCUT2D eigenvalue weighted by Gasteiger charge is 2.17. The molecule has 0 saturated heterocycles. The largest absolute Gasteiger partial charge is 0.480 e. The van der Waals surface area contributed by atoms with Gasteiger partial charge in [-0.1, -0.05) is 0 Å². The van der Waals surface area contributed by atoms with Gasteiger partial charge in [0.05, 0.1) is 0 Å². The van der Waals surface area contributed by atoms with E-state index in [9.17, 15) is 9.59 Å². The summed E-state index contributed by atoms with van der Waals surface area (Å²) < 4.78 is 0. The van der Waals surface area contributed by atoms with E-state index in [0.29, 0.717) is 19.4 Å². The standard InChI is InChI=1S/C8H16N4O3/c1-5(13)12-6(7(14)15)3-2-4-11-8(9)10/h6H,2-4H2,1H3,(H,12,13)(H,14,15)(H4,9,10,11)/t6-/m0/s1. The Kier molecular flexibility index (Phi) is 5.84. The lowest BCUT2D eigenvalue weighted by Crippen LogP contribution is -2.39. The van der Waals surface area contributed by atoms with Gasteiger partial charge in [0.25, 0.3) is 0 Å². The summed E-state index contributed by atoms with van der Waals surface area (Å²) in [4.78, 5) is 25.0. The van der Waals surface area contributed by atoms with Crippen molar-refractivity contribution in [1.82, 2.24) is 5.32 Å². The maximum atomic E-state index is 10.7. The van der Waals surface area contributed by atoms with Gasteiger partial charge in [-0.05, 0) is 12.8 Å². The molecule has 0 aliphatic carbocycles. The third kappa shape index (κ3) is 7.29. The fourth-order valence-corrected chi connectivity index (χ4v) is 1.01. The van der Waals surface area contributed by atoms with Crippen LogP contribution in [0.15, 0.2) is 4.99 Å². The smallest absolute Gasteiger partial charge is 0.326 e. The summed E-state index contributed by atoms with van der Waals surface area (Å²) in [6.07, 6.45) is 0.792. The molecule has 0 bridgehead atoms. The highest BCUT2D eigenvalue weighted by Crippen LogP contribution is 1.98. The molecule has 0 aliphatic rings. The Balaban J connectivity index is 3.92. The van der Waals surface area contributed by atoms with E-state index in [1.165, 1.54) is 6.92 Å². The summed E-state index contributed by atoms with van der Waals surface area (Å²) in [5.41, 5.74) is 10.2. The summed E-state index contributed by atoms with van der Waals surface area (Å²) in [5, 5.41) is 11.0. The minimum atomic E-state index is -1.06. The molecular weight excluding hydrogens is 200 g/mol. The number of carboxylic acids is 1. The summed E-state index contributed by atoms with van der Waals surface area (Å²) in [6, 6.07) is -0.878. The molecule has 0 heterocycles. The fraction of sp³-hybridized carbons (Fsp3) is 0.625. The number of guanidine groups is 1. The highest BCUT2D eigenvalue weighted by molar-refractivity contribution is 5.82. The zero-order valence-corrected chi connectivity index (χ0v) is 8.56. The van der Waals surface area contributed by atoms with Crippen LogP contribution in [0.2, 0.25) is 0 Å². The van der Waals surface area contributed by atoms with Crippen molar-refractivity contribution >= 4 is 17.8 Å². The van der Waals surface area contributed by atoms with Crippen LogP contribution in [0, 0.1) is 0 Å². The molecule has 0 aromatic carbocycles. The number of rotatable bonds is 6. The molecule has 0 rings (SSSR count). The first-order valence-electron chi connectivity index (χ1n) is 4.48. The van der Waals surface area contributed by atoms with E-state index in [0.717, 1.165) is 0 Å². The highest BCUT2D eigenvalue weighted by atomic mass is 16.4. The van der Waals surface area contributed by atoms with E-state index in [4.69, 9.17) is 16.6 Å². The van der Waals surface area contributed by atoms with Crippen LogP contribution in [0.1, 0.15) is 19.8 Å². The van der Waals surface area contributed by atoms with E-state index in [1.54, 1.807) is 0 Å². The number of nitrogens with zero attached hydrogens (tertiary/aromatic N) is 1. The molecular formula is C8H16N4O3. The Bertz CT molecular complexity index is 261. The average Bonchev–Trinajstić information content (AvgIpc) is 2.08. The number of nitrogens with one attached hydrogen (secondary N) is 1. The second-order valence-corrected chi connectivity index (χ2v) is 3.04. The molecule has 0 radical (unpaired) electrons. The quantitative estimate of drug-likeness (QED) is 0.247. The van der Waals surface area contributed by atoms with Crippen LogP contribution in [0.3, 0.4) is 0 Å². The van der Waals surface area contributed by atoms with Gasteiger partial charge >= 0.3 is 5.97 Å². The van der Waals surface area contributed by atoms with Crippen molar-refractivity contribution in [3.05, 3.63) is 0 Å². The SMILES string of the molecule is CC(=O)N[C@@H](CCCN=C(N)N)C(=O)O. The van der Waals surface area contributed by atoms with Crippen molar-refractivity contribution in [3.63, 3.8) is 0 Å². The average molecular weight is 216 g/mol. The van der Waals surface area contributed by atoms with Gasteiger partial charge in [0.2, 0.25) is 5.91 Å². The van der Waals surface area contributed by atoms with Gasteiger partial charge in [-0.15, -0.1) is 0 Å². The van der Waals surface area contributed by atoms with Gasteiger partial charge < -0.3 is 21.9 Å². The van der Waals surface area contributed by atoms with Gasteiger partial charge in [-0.3, -0.25) is 9.79 Å². The number of aliphatic carboxylic acids is 1. The summed E-state index contributed by atoms with van der Waals surface area (Å²) in [6.45, 7) is 1.62. The second-order valence-electron chi connectivity index (χ2n) is 3.04. The number of hydrogen-bond donors (Lipinski definition) is 4. The van der Waals surface area contributed by atoms with Gasteiger partial charge in [0, 0.05) is 13.5 Å². The molecule has 0 aromatic heterocycles. The molecule has 7 nitrogen and oxygen atoms in total. The predicted molar refractivity (Wildman–Crippen MR) is 55.2 cm³/mol. The number of carboxylic acid groups (broad SMARTS) is 1. The van der Waals surface area contributed by atoms with Crippen LogP contribution in [0.5, 0.6) is 0 Å². The van der Waals surface area contributed by atoms with Gasteiger partial charge in [-0.2, -0.15) is 0 Å². The molecule has 0 saturated carbocycles. The monoisotopic (exact) mass is 216 g/mol. The Morgan fingerprint density at radius 3 is 2.47 bits per heavy atom. The Labute approximate surface area is 87.5 Å². The third-order valence-corrected chi connectivity index (χ3v) is 1.62. The summed E-state index contributed by atoms with van der Waals surface area (Å²) >= 11 is 0. The number of carbonyl (C=O) groups excluding carboxylic acids is 1. The lowest BCUT2D eigenvalue weighted by molar-refractivity contribution is -0.141. The summed E-state index contributed by atoms with van der Waals surface area (Å²) in [5.74, 6) is -1.46. The molecule has 1 amide bonds. The first-order valence-corrected chi connectivity index (χ1v) is 4.48. The molecule has 0 unspecified atom stereocenters. The van der Waals surface area contributed by atoms with Crippen molar-refractivity contribution in [2.75, 3.05) is 6.54 Å². The van der Waals surface area contributed by atoms with Crippen molar-refractivity contribution in [3.8, 4) is 0 Å². The fourth-order valence-electron chi connectivity index (χ4n) is 1.01. The van der Waals surface area contributed by atoms with Crippen LogP contribution in [0.4, 0.5) is 0 Å². The third-order valence-electron chi connectivity index (χ3n) is 1.62. The van der Waals surface area contributed by atoms with Crippen molar-refractivity contribution in [2.45, 2.75) is 25.8 Å². The van der Waals surface area contributed by atoms with Crippen molar-refractivity contribution in [2.24, 2.45) is 16.5 Å². The van der Waals surface area contributed by atoms with Crippen molar-refractivity contribution < 1.29 is 14.7 Å². The maximum absolute atomic E-state index is 10.7. The van der Waals surface area contributed by atoms with Crippen LogP contribution in [-0.2, 0) is 9.59 Å². The molecule has 7 heteroatoms. The number of hydrogen-bond acceptors (Lipinski definition) is 3. The van der Waals surface area contributed by atoms with E-state index in [2.05, 4.69) is 10.3 Å². The molecule has 15 heavy (non-hydrogen) atoms. The van der Waals surface area contributed by atoms with Crippen LogP contribution in [-0.4, -0.2) is 35.5 Å². The normalized spacial score (nSPS) is 11.5. The Hall–Kier alpha value is -1.79. The first kappa shape index (κ1) is 13.2. The molecule has 6 N–H and O–H groups in total. The van der Waals surface area contributed by atoms with Gasteiger partial charge in [0.15, 0.2) is 5.96 Å². The second kappa shape index (κ2) is 6.63. The lowest BCUT2D eigenvalue weighted by Gasteiger charge is -2.11. The first-order chi connectivity index (χ1) is 6.93. The lowest BCUT2D eigenvalue weighted by atomic mass is 10.1. The predicted octanol–water partition coefficient (Wildman–Crippen LogP) is -1.37. The van der Waals surface area contributed by atoms with E-state index in [-0.39, 0.29) is 11.9 Å². The molecule has 0 aliphatic heterocycles.